The normalized spacial score (nSPS) is 30.4. The highest BCUT2D eigenvalue weighted by Gasteiger charge is 2.59. The van der Waals surface area contributed by atoms with E-state index in [-0.39, 0.29) is 5.91 Å². The van der Waals surface area contributed by atoms with Crippen molar-refractivity contribution in [3.05, 3.63) is 29.8 Å². The van der Waals surface area contributed by atoms with Crippen LogP contribution in [0.15, 0.2) is 24.3 Å². The van der Waals surface area contributed by atoms with E-state index in [1.54, 1.807) is 19.1 Å². The number of hydrogen-bond donors (Lipinski definition) is 0. The smallest absolute Gasteiger partial charge is 0.226 e. The van der Waals surface area contributed by atoms with Crippen LogP contribution in [0, 0.1) is 0 Å². The second-order valence-electron chi connectivity index (χ2n) is 4.80. The van der Waals surface area contributed by atoms with Crippen molar-refractivity contribution >= 4 is 11.6 Å². The number of hydrogen-bond acceptors (Lipinski definition) is 3. The van der Waals surface area contributed by atoms with Crippen LogP contribution in [0.3, 0.4) is 0 Å². The fourth-order valence-corrected chi connectivity index (χ4v) is 2.82. The van der Waals surface area contributed by atoms with Gasteiger partial charge in [-0.05, 0) is 19.9 Å². The zero-order chi connectivity index (χ0) is 13.6. The molecule has 1 aromatic carbocycles. The Kier molecular flexibility index (Phi) is 2.95. The Morgan fingerprint density at radius 1 is 1.17 bits per heavy atom. The third-order valence-corrected chi connectivity index (χ3v) is 4.09. The van der Waals surface area contributed by atoms with Gasteiger partial charge in [0.25, 0.3) is 0 Å². The third kappa shape index (κ3) is 1.36. The first kappa shape index (κ1) is 13.1. The predicted molar refractivity (Wildman–Crippen MR) is 69.4 cm³/mol. The first-order chi connectivity index (χ1) is 8.42. The number of fused-ring (bicyclic) bond motifs is 1. The van der Waals surface area contributed by atoms with Crippen molar-refractivity contribution in [2.75, 3.05) is 19.1 Å². The lowest BCUT2D eigenvalue weighted by Gasteiger charge is -2.43. The van der Waals surface area contributed by atoms with Crippen LogP contribution in [0.1, 0.15) is 26.3 Å². The average molecular weight is 249 g/mol. The molecule has 98 valence electrons. The Labute approximate surface area is 107 Å². The lowest BCUT2D eigenvalue weighted by Crippen LogP contribution is -2.58. The van der Waals surface area contributed by atoms with E-state index in [0.29, 0.717) is 0 Å². The summed E-state index contributed by atoms with van der Waals surface area (Å²) in [6.45, 7) is 5.35. The van der Waals surface area contributed by atoms with Crippen molar-refractivity contribution < 1.29 is 14.3 Å². The van der Waals surface area contributed by atoms with Gasteiger partial charge in [0.05, 0.1) is 5.69 Å². The Morgan fingerprint density at radius 3 is 2.28 bits per heavy atom. The SMILES string of the molecule is COC1(C)c2ccccc2N(C(C)=O)C1(C)OC. The van der Waals surface area contributed by atoms with Gasteiger partial charge >= 0.3 is 0 Å². The van der Waals surface area contributed by atoms with E-state index in [9.17, 15) is 4.79 Å². The molecule has 0 bridgehead atoms. The molecule has 18 heavy (non-hydrogen) atoms. The van der Waals surface area contributed by atoms with E-state index in [4.69, 9.17) is 9.47 Å². The van der Waals surface area contributed by atoms with Gasteiger partial charge in [0.15, 0.2) is 5.72 Å². The number of rotatable bonds is 2. The van der Waals surface area contributed by atoms with Crippen LogP contribution in [-0.2, 0) is 19.9 Å². The van der Waals surface area contributed by atoms with Crippen LogP contribution < -0.4 is 4.90 Å². The minimum absolute atomic E-state index is 0.0624. The minimum Gasteiger partial charge on any atom is -0.369 e. The molecule has 1 aromatic rings. The molecule has 0 fully saturated rings. The first-order valence-electron chi connectivity index (χ1n) is 5.93. The van der Waals surface area contributed by atoms with Crippen LogP contribution in [0.2, 0.25) is 0 Å². The van der Waals surface area contributed by atoms with Crippen molar-refractivity contribution in [1.82, 2.24) is 0 Å². The van der Waals surface area contributed by atoms with Gasteiger partial charge in [0, 0.05) is 26.7 Å². The molecule has 2 rings (SSSR count). The molecule has 0 aromatic heterocycles. The number of para-hydroxylation sites is 1. The van der Waals surface area contributed by atoms with Crippen molar-refractivity contribution in [2.24, 2.45) is 0 Å². The molecule has 1 aliphatic heterocycles. The molecule has 1 heterocycles. The largest absolute Gasteiger partial charge is 0.369 e. The number of amides is 1. The average Bonchev–Trinajstić information content (AvgIpc) is 2.57. The summed E-state index contributed by atoms with van der Waals surface area (Å²) in [6.07, 6.45) is 0. The summed E-state index contributed by atoms with van der Waals surface area (Å²) in [5.74, 6) is -0.0624. The minimum atomic E-state index is -0.850. The van der Waals surface area contributed by atoms with Gasteiger partial charge in [0.2, 0.25) is 5.91 Å². The van der Waals surface area contributed by atoms with Crippen LogP contribution >= 0.6 is 0 Å². The number of carbonyl (C=O) groups excluding carboxylic acids is 1. The summed E-state index contributed by atoms with van der Waals surface area (Å²) >= 11 is 0. The molecule has 0 spiro atoms. The summed E-state index contributed by atoms with van der Waals surface area (Å²) in [6, 6.07) is 7.74. The number of anilines is 1. The Bertz CT molecular complexity index is 488. The van der Waals surface area contributed by atoms with Gasteiger partial charge in [-0.1, -0.05) is 18.2 Å². The highest BCUT2D eigenvalue weighted by Crippen LogP contribution is 2.52. The molecular formula is C14H19NO3. The maximum atomic E-state index is 12.0. The van der Waals surface area contributed by atoms with Gasteiger partial charge in [0.1, 0.15) is 5.60 Å². The van der Waals surface area contributed by atoms with Crippen molar-refractivity contribution in [3.63, 3.8) is 0 Å². The molecule has 0 saturated carbocycles. The zero-order valence-corrected chi connectivity index (χ0v) is 11.5. The van der Waals surface area contributed by atoms with Crippen LogP contribution in [-0.4, -0.2) is 25.9 Å². The van der Waals surface area contributed by atoms with Gasteiger partial charge in [-0.15, -0.1) is 0 Å². The summed E-state index contributed by atoms with van der Waals surface area (Å²) in [4.78, 5) is 13.6. The Hall–Kier alpha value is -1.39. The van der Waals surface area contributed by atoms with Gasteiger partial charge < -0.3 is 9.47 Å². The van der Waals surface area contributed by atoms with Crippen LogP contribution in [0.5, 0.6) is 0 Å². The standard InChI is InChI=1S/C14H19NO3/c1-10(16)15-12-9-7-6-8-11(12)13(2,17-4)14(15,3)18-5/h6-9H,1-5H3. The number of benzene rings is 1. The maximum absolute atomic E-state index is 12.0. The fourth-order valence-electron chi connectivity index (χ4n) is 2.82. The molecular weight excluding hydrogens is 230 g/mol. The second-order valence-corrected chi connectivity index (χ2v) is 4.80. The van der Waals surface area contributed by atoms with E-state index in [1.165, 1.54) is 6.92 Å². The summed E-state index contributed by atoms with van der Waals surface area (Å²) in [5, 5.41) is 0. The van der Waals surface area contributed by atoms with Crippen molar-refractivity contribution in [1.29, 1.82) is 0 Å². The topological polar surface area (TPSA) is 38.8 Å². The van der Waals surface area contributed by atoms with Crippen molar-refractivity contribution in [2.45, 2.75) is 32.1 Å². The molecule has 0 aliphatic carbocycles. The highest BCUT2D eigenvalue weighted by atomic mass is 16.6. The number of carbonyl (C=O) groups is 1. The molecule has 2 atom stereocenters. The van der Waals surface area contributed by atoms with E-state index >= 15 is 0 Å². The number of nitrogens with zero attached hydrogens (tertiary/aromatic N) is 1. The summed E-state index contributed by atoms with van der Waals surface area (Å²) < 4.78 is 11.3. The highest BCUT2D eigenvalue weighted by molar-refractivity contribution is 5.96. The number of ether oxygens (including phenoxy) is 2. The van der Waals surface area contributed by atoms with E-state index in [0.717, 1.165) is 11.3 Å². The third-order valence-electron chi connectivity index (χ3n) is 4.09. The van der Waals surface area contributed by atoms with Gasteiger partial charge in [-0.25, -0.2) is 0 Å². The lowest BCUT2D eigenvalue weighted by atomic mass is 9.89. The quantitative estimate of drug-likeness (QED) is 0.807. The maximum Gasteiger partial charge on any atom is 0.226 e. The summed E-state index contributed by atoms with van der Waals surface area (Å²) in [5.41, 5.74) is 0.270. The second kappa shape index (κ2) is 4.07. The molecule has 1 amide bonds. The molecule has 4 heteroatoms. The number of methoxy groups -OCH3 is 2. The van der Waals surface area contributed by atoms with Gasteiger partial charge in [-0.2, -0.15) is 0 Å². The Morgan fingerprint density at radius 2 is 1.78 bits per heavy atom. The van der Waals surface area contributed by atoms with Crippen LogP contribution in [0.4, 0.5) is 5.69 Å². The molecule has 4 nitrogen and oxygen atoms in total. The van der Waals surface area contributed by atoms with E-state index in [1.807, 2.05) is 38.1 Å². The lowest BCUT2D eigenvalue weighted by molar-refractivity contribution is -0.168. The molecule has 2 unspecified atom stereocenters. The molecule has 0 radical (unpaired) electrons. The van der Waals surface area contributed by atoms with E-state index in [2.05, 4.69) is 0 Å². The van der Waals surface area contributed by atoms with Crippen LogP contribution in [0.25, 0.3) is 0 Å². The van der Waals surface area contributed by atoms with Gasteiger partial charge in [-0.3, -0.25) is 9.69 Å². The van der Waals surface area contributed by atoms with E-state index < -0.39 is 11.3 Å². The molecule has 0 N–H and O–H groups in total. The summed E-state index contributed by atoms with van der Waals surface area (Å²) in [7, 11) is 3.23. The Balaban J connectivity index is 2.74. The first-order valence-corrected chi connectivity index (χ1v) is 5.93. The zero-order valence-electron chi connectivity index (χ0n) is 11.5. The fraction of sp³-hybridized carbons (Fsp3) is 0.500. The molecule has 1 aliphatic rings. The predicted octanol–water partition coefficient (Wildman–Crippen LogP) is 2.28. The molecule has 0 saturated heterocycles. The monoisotopic (exact) mass is 249 g/mol. The van der Waals surface area contributed by atoms with Crippen molar-refractivity contribution in [3.8, 4) is 0 Å².